The minimum Gasteiger partial charge on any atom is -0.374 e. The molecule has 0 aliphatic carbocycles. The van der Waals surface area contributed by atoms with Gasteiger partial charge in [0.25, 0.3) is 14.4 Å². The normalized spacial score (nSPS) is 27.9. The second-order valence-corrected chi connectivity index (χ2v) is 10.9. The number of hydrogen-bond acceptors (Lipinski definition) is 9. The molecule has 0 spiro atoms. The molecule has 2 aromatic carbocycles. The molecule has 1 amide bonds. The van der Waals surface area contributed by atoms with E-state index < -0.39 is 33.1 Å². The number of anilines is 2. The first-order valence-electron chi connectivity index (χ1n) is 13.3. The van der Waals surface area contributed by atoms with E-state index in [2.05, 4.69) is 43.1 Å². The maximum absolute atomic E-state index is 12.8. The number of carbonyl (C=O) groups is 1. The van der Waals surface area contributed by atoms with E-state index in [0.29, 0.717) is 23.3 Å². The van der Waals surface area contributed by atoms with E-state index in [-0.39, 0.29) is 24.7 Å². The van der Waals surface area contributed by atoms with Crippen LogP contribution in [0.25, 0.3) is 11.2 Å². The van der Waals surface area contributed by atoms with Crippen LogP contribution in [0.2, 0.25) is 0 Å². The van der Waals surface area contributed by atoms with E-state index >= 15 is 0 Å². The number of hydrogen-bond donors (Lipinski definition) is 1. The van der Waals surface area contributed by atoms with E-state index in [1.54, 1.807) is 42.3 Å². The SMILES string of the molecule is [2H]CC1OC(n2cnc3c(NC(=O)c4ccccc4)ncnc32)C(OC)C1O[P@@]1OC[C@H]2Cc3ccccc3N21. The van der Waals surface area contributed by atoms with Crippen molar-refractivity contribution in [1.29, 1.82) is 0 Å². The molecule has 4 aromatic rings. The molecule has 2 fully saturated rings. The monoisotopic (exact) mass is 547 g/mol. The molecule has 7 rings (SSSR count). The average molecular weight is 548 g/mol. The molecule has 200 valence electrons. The number of nitrogens with one attached hydrogen (secondary N) is 1. The van der Waals surface area contributed by atoms with E-state index in [1.165, 1.54) is 11.9 Å². The Morgan fingerprint density at radius 2 is 1.97 bits per heavy atom. The maximum atomic E-state index is 12.8. The standard InChI is InChI=1S/C27H27N6O5P/c1-16-22(38-39-33-19(13-36-39)12-18-10-6-7-11-20(18)33)23(35-2)27(37-16)32-15-30-21-24(28-14-29-25(21)32)31-26(34)17-8-4-3-5-9-17/h3-11,14-16,19,22-23,27H,12-13H2,1-2H3,(H,28,29,31,34)/t16?,19-,22?,23?,27?,39-/m1/s1/i1D. The molecule has 2 saturated heterocycles. The molecule has 3 aliphatic heterocycles. The number of benzene rings is 2. The summed E-state index contributed by atoms with van der Waals surface area (Å²) in [6.45, 7) is 0.561. The zero-order valence-corrected chi connectivity index (χ0v) is 22.0. The van der Waals surface area contributed by atoms with Gasteiger partial charge in [0.1, 0.15) is 18.5 Å². The van der Waals surface area contributed by atoms with Crippen molar-refractivity contribution in [3.05, 3.63) is 78.4 Å². The van der Waals surface area contributed by atoms with Crippen LogP contribution in [0.15, 0.2) is 67.3 Å². The molecule has 12 heteroatoms. The van der Waals surface area contributed by atoms with Gasteiger partial charge < -0.3 is 28.5 Å². The van der Waals surface area contributed by atoms with Gasteiger partial charge in [-0.15, -0.1) is 0 Å². The van der Waals surface area contributed by atoms with Crippen LogP contribution in [0, 0.1) is 0 Å². The topological polar surface area (TPSA) is 113 Å². The Labute approximate surface area is 227 Å². The average Bonchev–Trinajstić information content (AvgIpc) is 3.75. The van der Waals surface area contributed by atoms with Crippen LogP contribution in [0.1, 0.15) is 30.4 Å². The molecule has 1 N–H and O–H groups in total. The van der Waals surface area contributed by atoms with E-state index in [4.69, 9.17) is 19.9 Å². The lowest BCUT2D eigenvalue weighted by Crippen LogP contribution is -2.35. The fraction of sp³-hybridized carbons (Fsp3) is 0.333. The van der Waals surface area contributed by atoms with Gasteiger partial charge in [-0.05, 0) is 37.1 Å². The summed E-state index contributed by atoms with van der Waals surface area (Å²) in [5.41, 5.74) is 3.80. The molecule has 3 aliphatic rings. The summed E-state index contributed by atoms with van der Waals surface area (Å²) in [7, 11) is 0.193. The summed E-state index contributed by atoms with van der Waals surface area (Å²) in [6, 6.07) is 17.4. The highest BCUT2D eigenvalue weighted by molar-refractivity contribution is 7.49. The minimum atomic E-state index is -1.40. The predicted octanol–water partition coefficient (Wildman–Crippen LogP) is 4.08. The van der Waals surface area contributed by atoms with Crippen LogP contribution >= 0.6 is 8.53 Å². The van der Waals surface area contributed by atoms with Crippen molar-refractivity contribution in [2.45, 2.75) is 43.9 Å². The zero-order chi connectivity index (χ0) is 27.2. The van der Waals surface area contributed by atoms with Gasteiger partial charge in [0.15, 0.2) is 23.2 Å². The van der Waals surface area contributed by atoms with Crippen molar-refractivity contribution in [1.82, 2.24) is 19.5 Å². The molecule has 0 radical (unpaired) electrons. The first-order valence-corrected chi connectivity index (χ1v) is 13.8. The summed E-state index contributed by atoms with van der Waals surface area (Å²) in [5.74, 6) is -0.0126. The lowest BCUT2D eigenvalue weighted by atomic mass is 10.1. The van der Waals surface area contributed by atoms with Gasteiger partial charge in [-0.2, -0.15) is 0 Å². The maximum Gasteiger partial charge on any atom is 0.290 e. The minimum absolute atomic E-state index is 0.0236. The van der Waals surface area contributed by atoms with Crippen LogP contribution in [-0.2, 0) is 24.9 Å². The second-order valence-electron chi connectivity index (χ2n) is 9.57. The van der Waals surface area contributed by atoms with Crippen LogP contribution < -0.4 is 9.99 Å². The summed E-state index contributed by atoms with van der Waals surface area (Å²) < 4.78 is 37.1. The Hall–Kier alpha value is -3.47. The van der Waals surface area contributed by atoms with Gasteiger partial charge in [0.05, 0.1) is 25.1 Å². The van der Waals surface area contributed by atoms with Crippen molar-refractivity contribution in [3.63, 3.8) is 0 Å². The van der Waals surface area contributed by atoms with E-state index in [1.807, 2.05) is 12.1 Å². The molecule has 6 atom stereocenters. The number of fused-ring (bicyclic) bond motifs is 4. The van der Waals surface area contributed by atoms with Crippen LogP contribution in [0.5, 0.6) is 0 Å². The molecular formula is C27H27N6O5P. The van der Waals surface area contributed by atoms with Crippen LogP contribution in [-0.4, -0.2) is 63.5 Å². The second kappa shape index (κ2) is 9.93. The fourth-order valence-electron chi connectivity index (χ4n) is 5.40. The molecular weight excluding hydrogens is 519 g/mol. The largest absolute Gasteiger partial charge is 0.374 e. The Balaban J connectivity index is 1.15. The number of carbonyl (C=O) groups excluding carboxylic acids is 1. The predicted molar refractivity (Wildman–Crippen MR) is 144 cm³/mol. The van der Waals surface area contributed by atoms with E-state index in [9.17, 15) is 4.79 Å². The number of ether oxygens (including phenoxy) is 2. The number of imidazole rings is 1. The van der Waals surface area contributed by atoms with Gasteiger partial charge in [0, 0.05) is 19.7 Å². The number of aromatic nitrogens is 4. The van der Waals surface area contributed by atoms with Gasteiger partial charge in [-0.25, -0.2) is 15.0 Å². The third-order valence-corrected chi connectivity index (χ3v) is 8.95. The summed E-state index contributed by atoms with van der Waals surface area (Å²) in [5, 5.41) is 2.82. The molecule has 0 bridgehead atoms. The number of rotatable bonds is 6. The lowest BCUT2D eigenvalue weighted by Gasteiger charge is -2.29. The van der Waals surface area contributed by atoms with Crippen LogP contribution in [0.3, 0.4) is 0 Å². The van der Waals surface area contributed by atoms with Crippen molar-refractivity contribution >= 4 is 37.1 Å². The highest BCUT2D eigenvalue weighted by Crippen LogP contribution is 2.58. The Morgan fingerprint density at radius 3 is 2.82 bits per heavy atom. The Morgan fingerprint density at radius 1 is 1.13 bits per heavy atom. The molecule has 4 unspecified atom stereocenters. The molecule has 39 heavy (non-hydrogen) atoms. The third-order valence-electron chi connectivity index (χ3n) is 7.26. The van der Waals surface area contributed by atoms with Crippen molar-refractivity contribution in [3.8, 4) is 0 Å². The van der Waals surface area contributed by atoms with Gasteiger partial charge in [-0.3, -0.25) is 9.36 Å². The molecule has 5 heterocycles. The number of methoxy groups -OCH3 is 1. The molecule has 2 aromatic heterocycles. The summed E-state index contributed by atoms with van der Waals surface area (Å²) in [4.78, 5) is 25.9. The van der Waals surface area contributed by atoms with Crippen molar-refractivity contribution in [2.75, 3.05) is 23.7 Å². The van der Waals surface area contributed by atoms with Crippen molar-refractivity contribution in [2.24, 2.45) is 0 Å². The first-order chi connectivity index (χ1) is 19.7. The van der Waals surface area contributed by atoms with Gasteiger partial charge in [0.2, 0.25) is 0 Å². The number of para-hydroxylation sites is 1. The lowest BCUT2D eigenvalue weighted by molar-refractivity contribution is -0.0461. The third kappa shape index (κ3) is 4.18. The Kier molecular flexibility index (Phi) is 5.96. The highest BCUT2D eigenvalue weighted by Gasteiger charge is 2.50. The van der Waals surface area contributed by atoms with Gasteiger partial charge in [-0.1, -0.05) is 36.4 Å². The molecule has 11 nitrogen and oxygen atoms in total. The van der Waals surface area contributed by atoms with Crippen LogP contribution in [0.4, 0.5) is 11.5 Å². The zero-order valence-electron chi connectivity index (χ0n) is 22.1. The number of nitrogens with zero attached hydrogens (tertiary/aromatic N) is 5. The Bertz CT molecular complexity index is 1540. The number of amides is 1. The van der Waals surface area contributed by atoms with Crippen molar-refractivity contribution < 1.29 is 24.7 Å². The quantitative estimate of drug-likeness (QED) is 0.357. The fourth-order valence-corrected chi connectivity index (χ4v) is 7.24. The summed E-state index contributed by atoms with van der Waals surface area (Å²) >= 11 is 0. The summed E-state index contributed by atoms with van der Waals surface area (Å²) in [6.07, 6.45) is 1.53. The highest BCUT2D eigenvalue weighted by atomic mass is 31.2. The first kappa shape index (κ1) is 23.4. The van der Waals surface area contributed by atoms with Gasteiger partial charge >= 0.3 is 0 Å². The smallest absolute Gasteiger partial charge is 0.290 e. The van der Waals surface area contributed by atoms with E-state index in [0.717, 1.165) is 12.1 Å². The molecule has 0 saturated carbocycles.